The van der Waals surface area contributed by atoms with Crippen LogP contribution in [0.1, 0.15) is 56.2 Å². The molecule has 2 heterocycles. The highest BCUT2D eigenvalue weighted by Gasteiger charge is 2.43. The molecule has 1 aliphatic rings. The molecule has 1 aliphatic heterocycles. The molecule has 12 heteroatoms. The second-order valence-corrected chi connectivity index (χ2v) is 15.0. The zero-order valence-electron chi connectivity index (χ0n) is 27.2. The predicted molar refractivity (Wildman–Crippen MR) is 176 cm³/mol. The van der Waals surface area contributed by atoms with E-state index in [0.29, 0.717) is 11.3 Å². The summed E-state index contributed by atoms with van der Waals surface area (Å²) in [5.74, 6) is -1.35. The van der Waals surface area contributed by atoms with Crippen LogP contribution in [0.4, 0.5) is 9.18 Å². The van der Waals surface area contributed by atoms with Crippen LogP contribution in [-0.2, 0) is 25.9 Å². The first-order valence-corrected chi connectivity index (χ1v) is 16.6. The summed E-state index contributed by atoms with van der Waals surface area (Å²) in [6, 6.07) is 18.7. The van der Waals surface area contributed by atoms with Crippen LogP contribution in [0, 0.1) is 5.82 Å². The number of hydrogen-bond acceptors (Lipinski definition) is 7. The van der Waals surface area contributed by atoms with Gasteiger partial charge in [0.05, 0.1) is 17.5 Å². The van der Waals surface area contributed by atoms with Crippen molar-refractivity contribution in [3.05, 3.63) is 106 Å². The molecular formula is C35H38FN3O7S. The number of nitrogens with zero attached hydrogens (tertiary/aromatic N) is 3. The average molecular weight is 664 g/mol. The van der Waals surface area contributed by atoms with Gasteiger partial charge in [0, 0.05) is 48.2 Å². The number of halogens is 1. The number of aromatic nitrogens is 1. The summed E-state index contributed by atoms with van der Waals surface area (Å²) < 4.78 is 55.6. The first kappa shape index (κ1) is 33.8. The molecule has 0 bridgehead atoms. The minimum Gasteiger partial charge on any atom is -0.464 e. The number of fused-ring (bicyclic) bond motifs is 1. The SMILES string of the molecule is COC(=O)c1c(Cc2ccc(S(=O)(=O)N3CCN(C(=O)OC(C)(C)C)CC3(C)C)cc2)c(=O)c2ccc(F)cc2n1-c1ccccc1. The maximum absolute atomic E-state index is 14.4. The summed E-state index contributed by atoms with van der Waals surface area (Å²) in [5, 5.41) is 0.213. The lowest BCUT2D eigenvalue weighted by Crippen LogP contribution is -2.62. The number of methoxy groups -OCH3 is 1. The van der Waals surface area contributed by atoms with Gasteiger partial charge in [-0.1, -0.05) is 30.3 Å². The van der Waals surface area contributed by atoms with Gasteiger partial charge in [-0.25, -0.2) is 22.4 Å². The van der Waals surface area contributed by atoms with Crippen molar-refractivity contribution in [1.82, 2.24) is 13.8 Å². The van der Waals surface area contributed by atoms with Crippen molar-refractivity contribution in [2.75, 3.05) is 26.7 Å². The number of hydrogen-bond donors (Lipinski definition) is 0. The Morgan fingerprint density at radius 3 is 2.21 bits per heavy atom. The molecule has 0 radical (unpaired) electrons. The number of benzene rings is 3. The molecular weight excluding hydrogens is 625 g/mol. The summed E-state index contributed by atoms with van der Waals surface area (Å²) in [7, 11) is -2.77. The molecule has 0 atom stereocenters. The zero-order valence-corrected chi connectivity index (χ0v) is 28.1. The monoisotopic (exact) mass is 663 g/mol. The van der Waals surface area contributed by atoms with E-state index in [2.05, 4.69) is 0 Å². The molecule has 5 rings (SSSR count). The number of carbonyl (C=O) groups is 2. The van der Waals surface area contributed by atoms with Crippen molar-refractivity contribution in [3.63, 3.8) is 0 Å². The number of amides is 1. The van der Waals surface area contributed by atoms with Gasteiger partial charge in [-0.05, 0) is 82.6 Å². The number of piperazine rings is 1. The van der Waals surface area contributed by atoms with Crippen molar-refractivity contribution in [1.29, 1.82) is 0 Å². The van der Waals surface area contributed by atoms with Gasteiger partial charge in [-0.2, -0.15) is 4.31 Å². The Labute approximate surface area is 273 Å². The molecule has 1 saturated heterocycles. The van der Waals surface area contributed by atoms with E-state index in [0.717, 1.165) is 0 Å². The number of ether oxygens (including phenoxy) is 2. The van der Waals surface area contributed by atoms with Gasteiger partial charge in [0.1, 0.15) is 17.1 Å². The highest BCUT2D eigenvalue weighted by molar-refractivity contribution is 7.89. The first-order chi connectivity index (χ1) is 22.0. The number of carbonyl (C=O) groups excluding carboxylic acids is 2. The number of pyridine rings is 1. The second-order valence-electron chi connectivity index (χ2n) is 13.1. The molecule has 1 amide bonds. The predicted octanol–water partition coefficient (Wildman–Crippen LogP) is 5.53. The van der Waals surface area contributed by atoms with Gasteiger partial charge in [-0.3, -0.25) is 4.79 Å². The molecule has 47 heavy (non-hydrogen) atoms. The minimum atomic E-state index is -3.97. The zero-order chi connectivity index (χ0) is 34.3. The Morgan fingerprint density at radius 2 is 1.62 bits per heavy atom. The quantitative estimate of drug-likeness (QED) is 0.249. The van der Waals surface area contributed by atoms with Gasteiger partial charge >= 0.3 is 12.1 Å². The molecule has 1 aromatic heterocycles. The largest absolute Gasteiger partial charge is 0.464 e. The fourth-order valence-corrected chi connectivity index (χ4v) is 7.67. The molecule has 10 nitrogen and oxygen atoms in total. The van der Waals surface area contributed by atoms with E-state index in [-0.39, 0.29) is 53.1 Å². The standard InChI is InChI=1S/C35H38FN3O7S/c1-34(2,3)46-33(42)37-18-19-38(35(4,5)22-37)47(43,44)26-15-12-23(13-16-26)20-28-30(32(41)45-6)39(25-10-8-7-9-11-25)29-21-24(36)14-17-27(29)31(28)40/h7-17,21H,18-20,22H2,1-6H3. The highest BCUT2D eigenvalue weighted by Crippen LogP contribution is 2.30. The van der Waals surface area contributed by atoms with Crippen LogP contribution in [0.25, 0.3) is 16.6 Å². The Hall–Kier alpha value is -4.55. The molecule has 0 spiro atoms. The normalized spacial score (nSPS) is 15.4. The van der Waals surface area contributed by atoms with Crippen molar-refractivity contribution in [2.24, 2.45) is 0 Å². The van der Waals surface area contributed by atoms with Crippen LogP contribution in [0.15, 0.2) is 82.5 Å². The van der Waals surface area contributed by atoms with Crippen LogP contribution >= 0.6 is 0 Å². The lowest BCUT2D eigenvalue weighted by Gasteiger charge is -2.45. The van der Waals surface area contributed by atoms with E-state index in [1.54, 1.807) is 77.1 Å². The summed E-state index contributed by atoms with van der Waals surface area (Å²) in [6.07, 6.45) is -0.521. The lowest BCUT2D eigenvalue weighted by molar-refractivity contribution is 0.00351. The van der Waals surface area contributed by atoms with Crippen LogP contribution < -0.4 is 5.43 Å². The van der Waals surface area contributed by atoms with Crippen molar-refractivity contribution in [2.45, 2.75) is 57.1 Å². The maximum Gasteiger partial charge on any atom is 0.410 e. The van der Waals surface area contributed by atoms with E-state index in [1.165, 1.54) is 51.2 Å². The molecule has 0 unspecified atom stereocenters. The Balaban J connectivity index is 1.50. The minimum absolute atomic E-state index is 0.0240. The highest BCUT2D eigenvalue weighted by atomic mass is 32.2. The third kappa shape index (κ3) is 6.79. The Kier molecular flexibility index (Phi) is 9.04. The van der Waals surface area contributed by atoms with Gasteiger partial charge in [0.25, 0.3) is 0 Å². The summed E-state index contributed by atoms with van der Waals surface area (Å²) >= 11 is 0. The Bertz CT molecular complexity index is 2000. The molecule has 0 N–H and O–H groups in total. The van der Waals surface area contributed by atoms with Crippen molar-refractivity contribution < 1.29 is 31.9 Å². The van der Waals surface area contributed by atoms with Gasteiger partial charge in [-0.15, -0.1) is 0 Å². The van der Waals surface area contributed by atoms with Crippen LogP contribution in [0.5, 0.6) is 0 Å². The number of para-hydroxylation sites is 1. The van der Waals surface area contributed by atoms with E-state index >= 15 is 0 Å². The van der Waals surface area contributed by atoms with E-state index < -0.39 is 44.5 Å². The summed E-state index contributed by atoms with van der Waals surface area (Å²) in [4.78, 5) is 41.3. The molecule has 4 aromatic rings. The molecule has 248 valence electrons. The molecule has 0 saturated carbocycles. The van der Waals surface area contributed by atoms with Gasteiger partial charge in [0.2, 0.25) is 10.0 Å². The third-order valence-corrected chi connectivity index (χ3v) is 10.1. The van der Waals surface area contributed by atoms with Crippen LogP contribution in [-0.4, -0.2) is 72.1 Å². The maximum atomic E-state index is 14.4. The summed E-state index contributed by atoms with van der Waals surface area (Å²) in [6.45, 7) is 9.24. The van der Waals surface area contributed by atoms with Crippen molar-refractivity contribution in [3.8, 4) is 5.69 Å². The van der Waals surface area contributed by atoms with E-state index in [4.69, 9.17) is 9.47 Å². The van der Waals surface area contributed by atoms with Crippen LogP contribution in [0.2, 0.25) is 0 Å². The average Bonchev–Trinajstić information content (AvgIpc) is 3.01. The topological polar surface area (TPSA) is 115 Å². The molecule has 0 aliphatic carbocycles. The first-order valence-electron chi connectivity index (χ1n) is 15.1. The number of esters is 1. The molecule has 1 fully saturated rings. The van der Waals surface area contributed by atoms with Gasteiger partial charge < -0.3 is 18.9 Å². The fraction of sp³-hybridized carbons (Fsp3) is 0.343. The van der Waals surface area contributed by atoms with E-state index in [9.17, 15) is 27.2 Å². The van der Waals surface area contributed by atoms with Crippen molar-refractivity contribution >= 4 is 33.0 Å². The number of rotatable bonds is 6. The van der Waals surface area contributed by atoms with Gasteiger partial charge in [0.15, 0.2) is 5.43 Å². The molecule has 3 aromatic carbocycles. The number of sulfonamides is 1. The Morgan fingerprint density at radius 1 is 0.957 bits per heavy atom. The smallest absolute Gasteiger partial charge is 0.410 e. The second kappa shape index (κ2) is 12.6. The fourth-order valence-electron chi connectivity index (χ4n) is 5.91. The van der Waals surface area contributed by atoms with E-state index in [1.807, 2.05) is 0 Å². The van der Waals surface area contributed by atoms with Crippen LogP contribution in [0.3, 0.4) is 0 Å². The lowest BCUT2D eigenvalue weighted by atomic mass is 9.99. The summed E-state index contributed by atoms with van der Waals surface area (Å²) in [5.41, 5.74) is -0.687. The third-order valence-electron chi connectivity index (χ3n) is 7.99.